The molecule has 414 valence electrons. The van der Waals surface area contributed by atoms with Gasteiger partial charge in [0.05, 0.1) is 6.42 Å². The summed E-state index contributed by atoms with van der Waals surface area (Å²) in [6.45, 7) is 28.5. The van der Waals surface area contributed by atoms with Crippen molar-refractivity contribution in [3.05, 3.63) is 217 Å². The maximum Gasteiger partial charge on any atom is 0.338 e. The predicted molar refractivity (Wildman–Crippen MR) is 308 cm³/mol. The van der Waals surface area contributed by atoms with Crippen molar-refractivity contribution >= 4 is 47.0 Å². The summed E-state index contributed by atoms with van der Waals surface area (Å²) in [7, 11) is 0. The first kappa shape index (κ1) is 61.3. The highest BCUT2D eigenvalue weighted by atomic mass is 16.6. The van der Waals surface area contributed by atoms with Crippen LogP contribution in [0.2, 0.25) is 0 Å². The number of allylic oxidation sites excluding steroid dienone is 5. The molecule has 0 aromatic heterocycles. The van der Waals surface area contributed by atoms with E-state index in [0.29, 0.717) is 51.9 Å². The molecule has 1 aliphatic carbocycles. The van der Waals surface area contributed by atoms with Gasteiger partial charge in [-0.2, -0.15) is 0 Å². The van der Waals surface area contributed by atoms with Crippen LogP contribution in [0, 0.1) is 0 Å². The van der Waals surface area contributed by atoms with Crippen molar-refractivity contribution in [3.8, 4) is 45.3 Å². The van der Waals surface area contributed by atoms with Gasteiger partial charge in [-0.15, -0.1) is 0 Å². The smallest absolute Gasteiger partial charge is 0.338 e. The van der Waals surface area contributed by atoms with Gasteiger partial charge >= 0.3 is 35.8 Å². The number of esters is 6. The van der Waals surface area contributed by atoms with Crippen LogP contribution in [0.3, 0.4) is 0 Å². The van der Waals surface area contributed by atoms with Crippen LogP contribution in [0.4, 0.5) is 0 Å². The van der Waals surface area contributed by atoms with Crippen LogP contribution in [0.1, 0.15) is 71.1 Å². The normalized spacial score (nSPS) is 11.4. The van der Waals surface area contributed by atoms with E-state index in [9.17, 15) is 28.8 Å². The van der Waals surface area contributed by atoms with E-state index in [-0.39, 0.29) is 50.6 Å². The molecular weight excluding hydrogens is 1020 g/mol. The van der Waals surface area contributed by atoms with Crippen molar-refractivity contribution in [2.24, 2.45) is 0 Å². The summed E-state index contributed by atoms with van der Waals surface area (Å²) in [4.78, 5) is 70.5. The van der Waals surface area contributed by atoms with Crippen molar-refractivity contribution in [1.29, 1.82) is 0 Å². The fourth-order valence-electron chi connectivity index (χ4n) is 7.20. The zero-order valence-corrected chi connectivity index (χ0v) is 46.1. The van der Waals surface area contributed by atoms with E-state index in [1.807, 2.05) is 91.0 Å². The average molecular weight is 1080 g/mol. The summed E-state index contributed by atoms with van der Waals surface area (Å²) in [6, 6.07) is 35.8. The Bertz CT molecular complexity index is 3220. The average Bonchev–Trinajstić information content (AvgIpc) is 3.67. The van der Waals surface area contributed by atoms with Gasteiger partial charge in [-0.3, -0.25) is 4.79 Å². The molecule has 0 amide bonds. The Balaban J connectivity index is 0.000000297. The second kappa shape index (κ2) is 30.4. The Morgan fingerprint density at radius 2 is 0.850 bits per heavy atom. The van der Waals surface area contributed by atoms with E-state index in [1.54, 1.807) is 58.9 Å². The Morgan fingerprint density at radius 3 is 1.35 bits per heavy atom. The van der Waals surface area contributed by atoms with Gasteiger partial charge in [0.15, 0.2) is 0 Å². The minimum Gasteiger partial charge on any atom is -0.490 e. The van der Waals surface area contributed by atoms with Crippen LogP contribution in [0.5, 0.6) is 23.0 Å². The maximum absolute atomic E-state index is 12.4. The number of benzene rings is 5. The molecule has 14 heteroatoms. The van der Waals surface area contributed by atoms with Crippen LogP contribution in [-0.2, 0) is 54.1 Å². The molecule has 5 aromatic rings. The van der Waals surface area contributed by atoms with Crippen molar-refractivity contribution in [2.75, 3.05) is 33.0 Å². The first-order chi connectivity index (χ1) is 38.2. The van der Waals surface area contributed by atoms with Crippen LogP contribution in [-0.4, -0.2) is 68.9 Å². The van der Waals surface area contributed by atoms with Crippen LogP contribution >= 0.6 is 0 Å². The number of carbonyl (C=O) groups excluding carboxylic acids is 6. The summed E-state index contributed by atoms with van der Waals surface area (Å²) in [6.07, 6.45) is 7.06. The zero-order chi connectivity index (χ0) is 58.3. The Kier molecular flexibility index (Phi) is 23.3. The van der Waals surface area contributed by atoms with Gasteiger partial charge in [0, 0.05) is 27.9 Å². The van der Waals surface area contributed by atoms with Gasteiger partial charge in [0.2, 0.25) is 0 Å². The first-order valence-electron chi connectivity index (χ1n) is 25.6. The summed E-state index contributed by atoms with van der Waals surface area (Å²) in [5.74, 6) is -0.372. The molecule has 0 saturated carbocycles. The molecule has 5 aromatic carbocycles. The lowest BCUT2D eigenvalue weighted by Crippen LogP contribution is -2.14. The van der Waals surface area contributed by atoms with Gasteiger partial charge in [-0.25, -0.2) is 24.0 Å². The number of aryl methyl sites for hydroxylation is 1. The molecule has 80 heavy (non-hydrogen) atoms. The van der Waals surface area contributed by atoms with E-state index in [1.165, 1.54) is 5.56 Å². The molecule has 0 spiro atoms. The SMILES string of the molecule is C=C(C)C(=O)OCCC(=O)Oc1ccc(-c2ccc(-c3ccc(OC(=O)C(=C)C)cc3)cc2CC)cc1.C=C(C)C(=O)OCCOc1ccc(C2=CCC(c3ccc(OCCOC(=O)C(=C)C)cc3)=CC(OC(=O)C(=C)C)=C2)cc1. The molecule has 0 fully saturated rings. The van der Waals surface area contributed by atoms with E-state index in [0.717, 1.165) is 50.9 Å². The van der Waals surface area contributed by atoms with Crippen molar-refractivity contribution in [3.63, 3.8) is 0 Å². The lowest BCUT2D eigenvalue weighted by molar-refractivity contribution is -0.143. The van der Waals surface area contributed by atoms with Crippen molar-refractivity contribution in [1.82, 2.24) is 0 Å². The molecule has 0 bridgehead atoms. The summed E-state index contributed by atoms with van der Waals surface area (Å²) >= 11 is 0. The van der Waals surface area contributed by atoms with E-state index >= 15 is 0 Å². The van der Waals surface area contributed by atoms with Crippen LogP contribution in [0.15, 0.2) is 200 Å². The largest absolute Gasteiger partial charge is 0.490 e. The second-order valence-electron chi connectivity index (χ2n) is 18.4. The topological polar surface area (TPSA) is 176 Å². The number of hydrogen-bond donors (Lipinski definition) is 0. The summed E-state index contributed by atoms with van der Waals surface area (Å²) in [5, 5.41) is 0. The van der Waals surface area contributed by atoms with Gasteiger partial charge in [-0.05, 0) is 158 Å². The molecule has 6 rings (SSSR count). The third-order valence-electron chi connectivity index (χ3n) is 11.5. The van der Waals surface area contributed by atoms with Crippen molar-refractivity contribution < 1.29 is 66.7 Å². The quantitative estimate of drug-likeness (QED) is 0.0187. The van der Waals surface area contributed by atoms with Gasteiger partial charge in [0.25, 0.3) is 0 Å². The van der Waals surface area contributed by atoms with E-state index in [2.05, 4.69) is 58.0 Å². The monoisotopic (exact) mass is 1080 g/mol. The lowest BCUT2D eigenvalue weighted by Gasteiger charge is -2.12. The standard InChI is InChI=1S/C35H36O8.C31H30O6/c1-23(2)33(36)41-19-17-39-30-13-9-26(10-14-30)28-7-8-29(22-32(21-28)43-35(38)25(5)6)27-11-15-31(16-12-27)40-18-20-42-34(37)24(3)4;1-6-22-19-25(23-7-12-27(13-8-23)37-31(34)21(4)5)11-16-28(22)24-9-14-26(15-10-24)36-29(32)17-18-35-30(33)20(2)3/h7,9-16,21-22H,1,3,5,8,17-20H2,2,4,6H3;7-16,19H,2,4,6,17-18H2,1,3,5H3. The second-order valence-corrected chi connectivity index (χ2v) is 18.4. The zero-order valence-electron chi connectivity index (χ0n) is 46.1. The Hall–Kier alpha value is -9.56. The number of rotatable bonds is 24. The molecular formula is C66H66O14. The van der Waals surface area contributed by atoms with Gasteiger partial charge in [-0.1, -0.05) is 113 Å². The molecule has 0 N–H and O–H groups in total. The molecule has 0 heterocycles. The molecule has 0 saturated heterocycles. The predicted octanol–water partition coefficient (Wildman–Crippen LogP) is 13.0. The minimum absolute atomic E-state index is 0.0421. The minimum atomic E-state index is -0.531. The van der Waals surface area contributed by atoms with Gasteiger partial charge in [0.1, 0.15) is 61.8 Å². The number of ether oxygens (including phenoxy) is 8. The molecule has 14 nitrogen and oxygen atoms in total. The first-order valence-corrected chi connectivity index (χ1v) is 25.6. The third kappa shape index (κ3) is 19.5. The highest BCUT2D eigenvalue weighted by molar-refractivity contribution is 5.91. The van der Waals surface area contributed by atoms with Crippen LogP contribution in [0.25, 0.3) is 33.4 Å². The maximum atomic E-state index is 12.4. The van der Waals surface area contributed by atoms with Gasteiger partial charge < -0.3 is 37.9 Å². The fraction of sp³-hybridized carbons (Fsp3) is 0.212. The van der Waals surface area contributed by atoms with E-state index in [4.69, 9.17) is 37.9 Å². The number of carbonyl (C=O) groups is 6. The summed E-state index contributed by atoms with van der Waals surface area (Å²) < 4.78 is 42.6. The summed E-state index contributed by atoms with van der Waals surface area (Å²) in [5.41, 5.74) is 10.5. The molecule has 0 atom stereocenters. The molecule has 0 radical (unpaired) electrons. The molecule has 0 aliphatic heterocycles. The fourth-order valence-corrected chi connectivity index (χ4v) is 7.20. The Labute approximate surface area is 467 Å². The lowest BCUT2D eigenvalue weighted by atomic mass is 9.93. The number of hydrogen-bond acceptors (Lipinski definition) is 14. The van der Waals surface area contributed by atoms with E-state index < -0.39 is 35.8 Å². The highest BCUT2D eigenvalue weighted by Gasteiger charge is 2.16. The molecule has 1 aliphatic rings. The molecule has 0 unspecified atom stereocenters. The third-order valence-corrected chi connectivity index (χ3v) is 11.5. The van der Waals surface area contributed by atoms with Crippen LogP contribution < -0.4 is 18.9 Å². The van der Waals surface area contributed by atoms with Crippen molar-refractivity contribution in [2.45, 2.75) is 60.8 Å². The highest BCUT2D eigenvalue weighted by Crippen LogP contribution is 2.33. The Morgan fingerprint density at radius 1 is 0.425 bits per heavy atom.